The van der Waals surface area contributed by atoms with E-state index >= 15 is 4.39 Å². The third-order valence-electron chi connectivity index (χ3n) is 8.41. The zero-order chi connectivity index (χ0) is 27.3. The summed E-state index contributed by atoms with van der Waals surface area (Å²) in [6.45, 7) is 3.18. The number of aryl methyl sites for hydroxylation is 1. The van der Waals surface area contributed by atoms with Crippen LogP contribution >= 0.6 is 0 Å². The van der Waals surface area contributed by atoms with Gasteiger partial charge in [-0.3, -0.25) is 4.79 Å². The van der Waals surface area contributed by atoms with Crippen molar-refractivity contribution < 1.29 is 24.2 Å². The van der Waals surface area contributed by atoms with Crippen molar-refractivity contribution in [1.82, 2.24) is 10.2 Å². The minimum Gasteiger partial charge on any atom is -0.465 e. The molecular formula is C30H40FN3O4. The Morgan fingerprint density at radius 1 is 1.16 bits per heavy atom. The molecule has 38 heavy (non-hydrogen) atoms. The third-order valence-corrected chi connectivity index (χ3v) is 8.41. The Morgan fingerprint density at radius 3 is 2.66 bits per heavy atom. The second-order valence-electron chi connectivity index (χ2n) is 10.8. The first-order chi connectivity index (χ1) is 18.2. The lowest BCUT2D eigenvalue weighted by molar-refractivity contribution is -0.141. The van der Waals surface area contributed by atoms with E-state index in [1.807, 2.05) is 36.1 Å². The van der Waals surface area contributed by atoms with E-state index in [1.165, 1.54) is 6.07 Å². The number of nitrogens with one attached hydrogen (secondary N) is 1. The van der Waals surface area contributed by atoms with E-state index < -0.39 is 17.5 Å². The van der Waals surface area contributed by atoms with Crippen molar-refractivity contribution >= 4 is 12.0 Å². The number of hydrogen-bond donors (Lipinski definition) is 4. The van der Waals surface area contributed by atoms with Gasteiger partial charge in [-0.1, -0.05) is 49.7 Å². The normalized spacial score (nSPS) is 23.2. The fraction of sp³-hybridized carbons (Fsp3) is 0.533. The quantitative estimate of drug-likeness (QED) is 0.356. The number of carbonyl (C=O) groups excluding carboxylic acids is 1. The number of benzene rings is 2. The zero-order valence-corrected chi connectivity index (χ0v) is 22.2. The van der Waals surface area contributed by atoms with Gasteiger partial charge in [0.2, 0.25) is 5.91 Å². The molecule has 2 aliphatic rings. The molecule has 5 N–H and O–H groups in total. The lowest BCUT2D eigenvalue weighted by Gasteiger charge is -2.44. The van der Waals surface area contributed by atoms with Gasteiger partial charge >= 0.3 is 6.09 Å². The third kappa shape index (κ3) is 6.02. The number of nitrogens with two attached hydrogens (primary N) is 1. The van der Waals surface area contributed by atoms with Crippen LogP contribution in [0, 0.1) is 17.7 Å². The summed E-state index contributed by atoms with van der Waals surface area (Å²) < 4.78 is 15.5. The summed E-state index contributed by atoms with van der Waals surface area (Å²) in [5.74, 6) is -0.899. The monoisotopic (exact) mass is 525 g/mol. The van der Waals surface area contributed by atoms with Gasteiger partial charge in [0.1, 0.15) is 5.82 Å². The van der Waals surface area contributed by atoms with E-state index in [1.54, 1.807) is 12.1 Å². The summed E-state index contributed by atoms with van der Waals surface area (Å²) >= 11 is 0. The van der Waals surface area contributed by atoms with Gasteiger partial charge in [0.15, 0.2) is 0 Å². The van der Waals surface area contributed by atoms with Crippen LogP contribution in [0.2, 0.25) is 0 Å². The second-order valence-corrected chi connectivity index (χ2v) is 10.8. The second kappa shape index (κ2) is 12.3. The minimum absolute atomic E-state index is 0.0460. The van der Waals surface area contributed by atoms with Crippen molar-refractivity contribution in [2.45, 2.75) is 69.9 Å². The first-order valence-electron chi connectivity index (χ1n) is 13.9. The van der Waals surface area contributed by atoms with Gasteiger partial charge < -0.3 is 26.2 Å². The number of likely N-dealkylation sites (tertiary alicyclic amines) is 1. The van der Waals surface area contributed by atoms with Gasteiger partial charge in [-0.25, -0.2) is 9.18 Å². The van der Waals surface area contributed by atoms with E-state index in [2.05, 4.69) is 5.32 Å². The molecule has 4 atom stereocenters. The summed E-state index contributed by atoms with van der Waals surface area (Å²) in [5.41, 5.74) is 7.37. The SMILES string of the molecule is CCc1cccc(-c2c(F)cccc2[C@](O)(CCCNC(=O)O)[C@@H]2CCCN(C(=O)[C@@H]3CCC[C@@H]3N)C2)c1. The molecule has 1 saturated carbocycles. The molecule has 0 bridgehead atoms. The lowest BCUT2D eigenvalue weighted by Crippen LogP contribution is -2.51. The van der Waals surface area contributed by atoms with Crippen LogP contribution in [0.3, 0.4) is 0 Å². The first kappa shape index (κ1) is 28.0. The van der Waals surface area contributed by atoms with Gasteiger partial charge in [-0.05, 0) is 67.7 Å². The Kier molecular flexibility index (Phi) is 9.05. The molecule has 4 rings (SSSR count). The number of amides is 2. The number of nitrogens with zero attached hydrogens (tertiary/aromatic N) is 1. The molecule has 1 aliphatic carbocycles. The molecule has 206 valence electrons. The highest BCUT2D eigenvalue weighted by atomic mass is 19.1. The van der Waals surface area contributed by atoms with Crippen molar-refractivity contribution in [2.24, 2.45) is 17.6 Å². The maximum absolute atomic E-state index is 15.5. The highest BCUT2D eigenvalue weighted by Crippen LogP contribution is 2.44. The molecule has 2 amide bonds. The number of piperidine rings is 1. The molecule has 1 heterocycles. The predicted octanol–water partition coefficient (Wildman–Crippen LogP) is 4.66. The van der Waals surface area contributed by atoms with Crippen LogP contribution in [0.1, 0.15) is 63.0 Å². The number of carboxylic acid groups (broad SMARTS) is 1. The topological polar surface area (TPSA) is 116 Å². The van der Waals surface area contributed by atoms with E-state index in [-0.39, 0.29) is 36.8 Å². The molecule has 0 radical (unpaired) electrons. The number of hydrogen-bond acceptors (Lipinski definition) is 4. The molecule has 0 aromatic heterocycles. The standard InChI is InChI=1S/C30H40FN3O4/c1-2-20-8-3-9-21(18-20)27-24(12-5-13-25(27)31)30(38,15-7-16-33-29(36)37)22-10-6-17-34(19-22)28(35)23-11-4-14-26(23)32/h3,5,8-9,12-13,18,22-23,26,33,38H,2,4,6-7,10-11,14-17,19,32H2,1H3,(H,36,37)/t22-,23-,26+,30+/m1/s1. The van der Waals surface area contributed by atoms with Gasteiger partial charge in [0.05, 0.1) is 11.5 Å². The summed E-state index contributed by atoms with van der Waals surface area (Å²) in [5, 5.41) is 23.9. The molecular weight excluding hydrogens is 485 g/mol. The Balaban J connectivity index is 1.71. The number of carbonyl (C=O) groups is 2. The molecule has 2 aromatic carbocycles. The fourth-order valence-electron chi connectivity index (χ4n) is 6.33. The maximum atomic E-state index is 15.5. The fourth-order valence-corrected chi connectivity index (χ4v) is 6.33. The van der Waals surface area contributed by atoms with Crippen molar-refractivity contribution in [3.05, 3.63) is 59.4 Å². The predicted molar refractivity (Wildman–Crippen MR) is 145 cm³/mol. The molecule has 0 spiro atoms. The van der Waals surface area contributed by atoms with Crippen molar-refractivity contribution in [2.75, 3.05) is 19.6 Å². The Hall–Kier alpha value is -2.97. The Labute approximate surface area is 224 Å². The Morgan fingerprint density at radius 2 is 1.95 bits per heavy atom. The van der Waals surface area contributed by atoms with Gasteiger partial charge in [0.25, 0.3) is 0 Å². The molecule has 0 unspecified atom stereocenters. The first-order valence-corrected chi connectivity index (χ1v) is 13.9. The number of halogens is 1. The number of aliphatic hydroxyl groups is 1. The molecule has 8 heteroatoms. The minimum atomic E-state index is -1.46. The summed E-state index contributed by atoms with van der Waals surface area (Å²) in [6, 6.07) is 12.3. The lowest BCUT2D eigenvalue weighted by atomic mass is 9.72. The number of rotatable bonds is 9. The van der Waals surface area contributed by atoms with Crippen LogP contribution in [-0.4, -0.2) is 52.8 Å². The average Bonchev–Trinajstić information content (AvgIpc) is 3.36. The zero-order valence-electron chi connectivity index (χ0n) is 22.2. The van der Waals surface area contributed by atoms with E-state index in [4.69, 9.17) is 10.8 Å². The molecule has 2 aromatic rings. The van der Waals surface area contributed by atoms with E-state index in [9.17, 15) is 14.7 Å². The maximum Gasteiger partial charge on any atom is 0.404 e. The largest absolute Gasteiger partial charge is 0.465 e. The van der Waals surface area contributed by atoms with Crippen LogP contribution in [0.4, 0.5) is 9.18 Å². The Bertz CT molecular complexity index is 1140. The molecule has 1 saturated heterocycles. The van der Waals surface area contributed by atoms with Crippen molar-refractivity contribution in [3.8, 4) is 11.1 Å². The summed E-state index contributed by atoms with van der Waals surface area (Å²) in [6.07, 6.45) is 4.24. The average molecular weight is 526 g/mol. The van der Waals surface area contributed by atoms with Gasteiger partial charge in [-0.15, -0.1) is 0 Å². The van der Waals surface area contributed by atoms with Gasteiger partial charge in [-0.2, -0.15) is 0 Å². The molecule has 7 nitrogen and oxygen atoms in total. The highest BCUT2D eigenvalue weighted by Gasteiger charge is 2.44. The van der Waals surface area contributed by atoms with Crippen LogP contribution < -0.4 is 11.1 Å². The summed E-state index contributed by atoms with van der Waals surface area (Å²) in [7, 11) is 0. The van der Waals surface area contributed by atoms with Crippen LogP contribution in [0.25, 0.3) is 11.1 Å². The van der Waals surface area contributed by atoms with Crippen LogP contribution in [0.15, 0.2) is 42.5 Å². The van der Waals surface area contributed by atoms with E-state index in [0.29, 0.717) is 42.6 Å². The van der Waals surface area contributed by atoms with Gasteiger partial charge in [0, 0.05) is 37.2 Å². The summed E-state index contributed by atoms with van der Waals surface area (Å²) in [4.78, 5) is 26.3. The van der Waals surface area contributed by atoms with Crippen molar-refractivity contribution in [3.63, 3.8) is 0 Å². The highest BCUT2D eigenvalue weighted by molar-refractivity contribution is 5.80. The van der Waals surface area contributed by atoms with Crippen molar-refractivity contribution in [1.29, 1.82) is 0 Å². The van der Waals surface area contributed by atoms with Crippen LogP contribution in [0.5, 0.6) is 0 Å². The smallest absolute Gasteiger partial charge is 0.404 e. The van der Waals surface area contributed by atoms with E-state index in [0.717, 1.165) is 37.7 Å². The van der Waals surface area contributed by atoms with Crippen LogP contribution in [-0.2, 0) is 16.8 Å². The molecule has 1 aliphatic heterocycles. The molecule has 2 fully saturated rings.